The van der Waals surface area contributed by atoms with Crippen molar-refractivity contribution in [2.75, 3.05) is 5.32 Å². The van der Waals surface area contributed by atoms with Gasteiger partial charge in [-0.25, -0.2) is 4.79 Å². The molecule has 0 atom stereocenters. The summed E-state index contributed by atoms with van der Waals surface area (Å²) in [7, 11) is 0. The van der Waals surface area contributed by atoms with E-state index in [9.17, 15) is 14.7 Å². The number of rotatable bonds is 5. The minimum atomic E-state index is -0.521. The van der Waals surface area contributed by atoms with Crippen LogP contribution in [0.2, 0.25) is 0 Å². The van der Waals surface area contributed by atoms with Crippen molar-refractivity contribution in [1.29, 1.82) is 0 Å². The van der Waals surface area contributed by atoms with E-state index >= 15 is 0 Å². The molecule has 0 spiro atoms. The van der Waals surface area contributed by atoms with Gasteiger partial charge in [0.1, 0.15) is 12.4 Å². The van der Waals surface area contributed by atoms with Crippen molar-refractivity contribution in [1.82, 2.24) is 0 Å². The fraction of sp³-hybridized carbons (Fsp3) is 0.0476. The Morgan fingerprint density at radius 1 is 0.846 bits per heavy atom. The second-order valence-corrected chi connectivity index (χ2v) is 5.64. The van der Waals surface area contributed by atoms with Crippen LogP contribution in [0.25, 0.3) is 0 Å². The largest absolute Gasteiger partial charge is 0.508 e. The minimum absolute atomic E-state index is 0.00762. The Morgan fingerprint density at radius 2 is 1.58 bits per heavy atom. The molecule has 5 heteroatoms. The van der Waals surface area contributed by atoms with E-state index in [2.05, 4.69) is 5.32 Å². The van der Waals surface area contributed by atoms with Gasteiger partial charge in [-0.1, -0.05) is 36.4 Å². The number of phenols is 1. The topological polar surface area (TPSA) is 75.6 Å². The van der Waals surface area contributed by atoms with E-state index in [1.807, 2.05) is 30.3 Å². The van der Waals surface area contributed by atoms with Crippen LogP contribution in [0.4, 0.5) is 5.69 Å². The zero-order valence-corrected chi connectivity index (χ0v) is 13.9. The molecule has 0 fully saturated rings. The molecule has 3 aromatic carbocycles. The van der Waals surface area contributed by atoms with Crippen molar-refractivity contribution >= 4 is 17.6 Å². The average molecular weight is 347 g/mol. The van der Waals surface area contributed by atoms with Gasteiger partial charge in [0.05, 0.1) is 5.56 Å². The van der Waals surface area contributed by atoms with E-state index in [0.29, 0.717) is 5.56 Å². The molecule has 0 aliphatic heterocycles. The number of ether oxygens (including phenoxy) is 1. The van der Waals surface area contributed by atoms with Gasteiger partial charge in [0, 0.05) is 11.3 Å². The Labute approximate surface area is 150 Å². The number of anilines is 1. The minimum Gasteiger partial charge on any atom is -0.508 e. The maximum atomic E-state index is 12.2. The normalized spacial score (nSPS) is 10.2. The average Bonchev–Trinajstić information content (AvgIpc) is 2.67. The first-order chi connectivity index (χ1) is 12.6. The van der Waals surface area contributed by atoms with E-state index in [4.69, 9.17) is 4.74 Å². The molecule has 0 unspecified atom stereocenters. The lowest BCUT2D eigenvalue weighted by atomic mass is 10.1. The Kier molecular flexibility index (Phi) is 5.29. The lowest BCUT2D eigenvalue weighted by Gasteiger charge is -2.07. The molecule has 26 heavy (non-hydrogen) atoms. The third kappa shape index (κ3) is 4.48. The highest BCUT2D eigenvalue weighted by atomic mass is 16.5. The van der Waals surface area contributed by atoms with Crippen LogP contribution in [0.1, 0.15) is 26.3 Å². The monoisotopic (exact) mass is 347 g/mol. The molecule has 2 N–H and O–H groups in total. The Hall–Kier alpha value is -3.60. The first-order valence-corrected chi connectivity index (χ1v) is 8.03. The summed E-state index contributed by atoms with van der Waals surface area (Å²) in [6, 6.07) is 22.0. The molecule has 0 heterocycles. The molecule has 5 nitrogen and oxygen atoms in total. The molecule has 0 aliphatic rings. The third-order valence-corrected chi connectivity index (χ3v) is 3.70. The molecule has 0 saturated carbocycles. The molecule has 0 aromatic heterocycles. The van der Waals surface area contributed by atoms with E-state index in [1.165, 1.54) is 12.1 Å². The first-order valence-electron chi connectivity index (χ1n) is 8.03. The molecule has 0 aliphatic carbocycles. The Balaban J connectivity index is 1.57. The van der Waals surface area contributed by atoms with Gasteiger partial charge in [0.2, 0.25) is 0 Å². The number of aromatic hydroxyl groups is 1. The van der Waals surface area contributed by atoms with Gasteiger partial charge in [-0.05, 0) is 48.0 Å². The van der Waals surface area contributed by atoms with Crippen LogP contribution in [0.15, 0.2) is 78.9 Å². The second kappa shape index (κ2) is 7.98. The maximum Gasteiger partial charge on any atom is 0.338 e. The van der Waals surface area contributed by atoms with Gasteiger partial charge in [0.15, 0.2) is 0 Å². The number of benzene rings is 3. The highest BCUT2D eigenvalue weighted by molar-refractivity contribution is 6.04. The predicted octanol–water partition coefficient (Wildman–Crippen LogP) is 4.00. The summed E-state index contributed by atoms with van der Waals surface area (Å²) >= 11 is 0. The summed E-state index contributed by atoms with van der Waals surface area (Å²) in [6.45, 7) is 0.0784. The van der Waals surface area contributed by atoms with Crippen molar-refractivity contribution in [2.24, 2.45) is 0 Å². The third-order valence-electron chi connectivity index (χ3n) is 3.70. The predicted molar refractivity (Wildman–Crippen MR) is 98.1 cm³/mol. The molecule has 3 aromatic rings. The number of nitrogens with one attached hydrogen (secondary N) is 1. The van der Waals surface area contributed by atoms with E-state index in [-0.39, 0.29) is 23.8 Å². The van der Waals surface area contributed by atoms with Crippen molar-refractivity contribution in [2.45, 2.75) is 6.61 Å². The number of esters is 1. The number of hydrogen-bond acceptors (Lipinski definition) is 4. The summed E-state index contributed by atoms with van der Waals surface area (Å²) in [5.74, 6) is -0.723. The fourth-order valence-electron chi connectivity index (χ4n) is 2.34. The summed E-state index contributed by atoms with van der Waals surface area (Å²) < 4.78 is 5.21. The highest BCUT2D eigenvalue weighted by Crippen LogP contribution is 2.14. The number of para-hydroxylation sites is 1. The van der Waals surface area contributed by atoms with Crippen molar-refractivity contribution in [3.05, 3.63) is 95.6 Å². The molecular weight excluding hydrogens is 330 g/mol. The van der Waals surface area contributed by atoms with Gasteiger partial charge in [-0.2, -0.15) is 0 Å². The van der Waals surface area contributed by atoms with Crippen molar-refractivity contribution in [3.8, 4) is 5.75 Å². The summed E-state index contributed by atoms with van der Waals surface area (Å²) in [4.78, 5) is 24.1. The van der Waals surface area contributed by atoms with Gasteiger partial charge >= 0.3 is 5.97 Å². The molecule has 130 valence electrons. The second-order valence-electron chi connectivity index (χ2n) is 5.64. The van der Waals surface area contributed by atoms with E-state index in [0.717, 1.165) is 11.3 Å². The molecule has 1 amide bonds. The molecule has 3 rings (SSSR count). The van der Waals surface area contributed by atoms with Gasteiger partial charge < -0.3 is 15.2 Å². The highest BCUT2D eigenvalue weighted by Gasteiger charge is 2.09. The lowest BCUT2D eigenvalue weighted by Crippen LogP contribution is -2.11. The zero-order valence-electron chi connectivity index (χ0n) is 13.9. The molecular formula is C21H17NO4. The van der Waals surface area contributed by atoms with Crippen LogP contribution in [0.5, 0.6) is 5.75 Å². The van der Waals surface area contributed by atoms with Gasteiger partial charge in [0.25, 0.3) is 5.91 Å². The van der Waals surface area contributed by atoms with Gasteiger partial charge in [-0.15, -0.1) is 0 Å². The standard InChI is InChI=1S/C21H17NO4/c23-19-8-4-5-17(13-19)21(25)26-14-15-9-11-16(12-10-15)20(24)22-18-6-2-1-3-7-18/h1-13,23H,14H2,(H,22,24). The Bertz CT molecular complexity index is 905. The molecule has 0 radical (unpaired) electrons. The van der Waals surface area contributed by atoms with Crippen LogP contribution in [-0.4, -0.2) is 17.0 Å². The van der Waals surface area contributed by atoms with Crippen LogP contribution < -0.4 is 5.32 Å². The molecule has 0 saturated heterocycles. The number of carbonyl (C=O) groups is 2. The summed E-state index contributed by atoms with van der Waals surface area (Å²) in [6.07, 6.45) is 0. The fourth-order valence-corrected chi connectivity index (χ4v) is 2.34. The first kappa shape index (κ1) is 17.2. The number of hydrogen-bond donors (Lipinski definition) is 2. The quantitative estimate of drug-likeness (QED) is 0.684. The zero-order chi connectivity index (χ0) is 18.4. The van der Waals surface area contributed by atoms with E-state index < -0.39 is 5.97 Å². The maximum absolute atomic E-state index is 12.2. The number of carbonyl (C=O) groups excluding carboxylic acids is 2. The van der Waals surface area contributed by atoms with Gasteiger partial charge in [-0.3, -0.25) is 4.79 Å². The number of amides is 1. The Morgan fingerprint density at radius 3 is 2.27 bits per heavy atom. The van der Waals surface area contributed by atoms with Crippen LogP contribution in [0, 0.1) is 0 Å². The van der Waals surface area contributed by atoms with Crippen LogP contribution in [-0.2, 0) is 11.3 Å². The number of phenolic OH excluding ortho intramolecular Hbond substituents is 1. The summed E-state index contributed by atoms with van der Waals surface area (Å²) in [5, 5.41) is 12.2. The smallest absolute Gasteiger partial charge is 0.338 e. The lowest BCUT2D eigenvalue weighted by molar-refractivity contribution is 0.0472. The van der Waals surface area contributed by atoms with Crippen molar-refractivity contribution < 1.29 is 19.4 Å². The molecule has 0 bridgehead atoms. The summed E-state index contributed by atoms with van der Waals surface area (Å²) in [5.41, 5.74) is 2.28. The van der Waals surface area contributed by atoms with E-state index in [1.54, 1.807) is 36.4 Å². The van der Waals surface area contributed by atoms with Crippen molar-refractivity contribution in [3.63, 3.8) is 0 Å². The SMILES string of the molecule is O=C(Nc1ccccc1)c1ccc(COC(=O)c2cccc(O)c2)cc1. The van der Waals surface area contributed by atoms with Crippen LogP contribution >= 0.6 is 0 Å². The van der Waals surface area contributed by atoms with Crippen LogP contribution in [0.3, 0.4) is 0 Å².